The molecule has 0 fully saturated rings. The van der Waals surface area contributed by atoms with Gasteiger partial charge in [0.25, 0.3) is 11.8 Å². The smallest absolute Gasteiger partial charge is 0.252 e. The number of hydrogen-bond donors (Lipinski definition) is 2. The third kappa shape index (κ3) is 4.42. The second-order valence-electron chi connectivity index (χ2n) is 8.06. The van der Waals surface area contributed by atoms with Crippen LogP contribution in [0, 0.1) is 5.92 Å². The van der Waals surface area contributed by atoms with Gasteiger partial charge in [-0.2, -0.15) is 5.10 Å². The summed E-state index contributed by atoms with van der Waals surface area (Å²) in [6, 6.07) is 9.98. The van der Waals surface area contributed by atoms with Crippen molar-refractivity contribution >= 4 is 17.5 Å². The van der Waals surface area contributed by atoms with Gasteiger partial charge in [-0.25, -0.2) is 0 Å². The number of nitrogens with one attached hydrogen (secondary N) is 1. The molecule has 1 aliphatic heterocycles. The topological polar surface area (TPSA) is 106 Å². The highest BCUT2D eigenvalue weighted by molar-refractivity contribution is 5.95. The average Bonchev–Trinajstić information content (AvgIpc) is 3.21. The molecule has 1 aromatic carbocycles. The maximum Gasteiger partial charge on any atom is 0.252 e. The van der Waals surface area contributed by atoms with Gasteiger partial charge in [0.15, 0.2) is 0 Å². The number of aryl methyl sites for hydroxylation is 1. The first-order valence-corrected chi connectivity index (χ1v) is 10.3. The van der Waals surface area contributed by atoms with Crippen molar-refractivity contribution in [3.63, 3.8) is 0 Å². The number of nitrogens with two attached hydrogens (primary N) is 1. The van der Waals surface area contributed by atoms with Gasteiger partial charge in [-0.05, 0) is 42.5 Å². The van der Waals surface area contributed by atoms with Crippen molar-refractivity contribution in [2.45, 2.75) is 19.4 Å². The molecule has 2 aromatic heterocycles. The Labute approximate surface area is 181 Å². The van der Waals surface area contributed by atoms with Gasteiger partial charge in [0.2, 0.25) is 0 Å². The SMILES string of the molecule is CN(C)c1ccc(-c2cncc(C(=O)NC[C@@H]3CCn4ncc(C(N)=O)c4C3)c2)cc1. The van der Waals surface area contributed by atoms with E-state index >= 15 is 0 Å². The third-order valence-corrected chi connectivity index (χ3v) is 5.71. The van der Waals surface area contributed by atoms with Gasteiger partial charge < -0.3 is 16.0 Å². The molecule has 0 bridgehead atoms. The van der Waals surface area contributed by atoms with E-state index in [1.54, 1.807) is 12.4 Å². The Balaban J connectivity index is 1.41. The molecule has 3 N–H and O–H groups in total. The standard InChI is InChI=1S/C23H26N6O2/c1-28(2)19-5-3-16(4-6-19)17-10-18(13-25-12-17)23(31)26-11-15-7-8-29-21(9-15)20(14-27-29)22(24)30/h3-6,10,12-15H,7-9,11H2,1-2H3,(H2,24,30)(H,26,31)/t15-/m1/s1. The molecule has 4 rings (SSSR count). The van der Waals surface area contributed by atoms with Crippen LogP contribution in [-0.2, 0) is 13.0 Å². The summed E-state index contributed by atoms with van der Waals surface area (Å²) in [6.45, 7) is 1.23. The number of primary amides is 1. The number of carbonyl (C=O) groups excluding carboxylic acids is 2. The number of fused-ring (bicyclic) bond motifs is 1. The molecule has 160 valence electrons. The molecule has 1 aliphatic rings. The Kier molecular flexibility index (Phi) is 5.70. The monoisotopic (exact) mass is 418 g/mol. The second kappa shape index (κ2) is 8.59. The number of hydrogen-bond acceptors (Lipinski definition) is 5. The molecule has 1 atom stereocenters. The molecule has 8 heteroatoms. The minimum atomic E-state index is -0.465. The van der Waals surface area contributed by atoms with Gasteiger partial charge >= 0.3 is 0 Å². The van der Waals surface area contributed by atoms with E-state index in [0.29, 0.717) is 30.6 Å². The van der Waals surface area contributed by atoms with E-state index in [4.69, 9.17) is 5.73 Å². The Morgan fingerprint density at radius 2 is 1.94 bits per heavy atom. The van der Waals surface area contributed by atoms with E-state index in [9.17, 15) is 9.59 Å². The first kappa shape index (κ1) is 20.6. The van der Waals surface area contributed by atoms with Crippen LogP contribution in [0.15, 0.2) is 48.9 Å². The number of carbonyl (C=O) groups is 2. The number of rotatable bonds is 6. The summed E-state index contributed by atoms with van der Waals surface area (Å²) in [7, 11) is 3.99. The van der Waals surface area contributed by atoms with Crippen LogP contribution in [0.4, 0.5) is 5.69 Å². The summed E-state index contributed by atoms with van der Waals surface area (Å²) in [5.41, 5.74) is 10.3. The van der Waals surface area contributed by atoms with Gasteiger partial charge in [-0.3, -0.25) is 19.3 Å². The molecule has 0 spiro atoms. The van der Waals surface area contributed by atoms with E-state index in [1.165, 1.54) is 6.20 Å². The Bertz CT molecular complexity index is 1100. The summed E-state index contributed by atoms with van der Waals surface area (Å²) in [6.07, 6.45) is 6.41. The van der Waals surface area contributed by atoms with E-state index < -0.39 is 5.91 Å². The van der Waals surface area contributed by atoms with Crippen molar-refractivity contribution in [1.29, 1.82) is 0 Å². The minimum absolute atomic E-state index is 0.159. The second-order valence-corrected chi connectivity index (χ2v) is 8.06. The third-order valence-electron chi connectivity index (χ3n) is 5.71. The molecule has 2 amide bonds. The zero-order valence-corrected chi connectivity index (χ0v) is 17.7. The van der Waals surface area contributed by atoms with Crippen molar-refractivity contribution in [2.24, 2.45) is 11.7 Å². The van der Waals surface area contributed by atoms with Crippen LogP contribution in [0.5, 0.6) is 0 Å². The van der Waals surface area contributed by atoms with Crippen LogP contribution >= 0.6 is 0 Å². The average molecular weight is 419 g/mol. The summed E-state index contributed by atoms with van der Waals surface area (Å²) in [4.78, 5) is 30.6. The summed E-state index contributed by atoms with van der Waals surface area (Å²) in [5.74, 6) is -0.401. The molecule has 31 heavy (non-hydrogen) atoms. The van der Waals surface area contributed by atoms with Crippen LogP contribution < -0.4 is 16.0 Å². The fraction of sp³-hybridized carbons (Fsp3) is 0.304. The van der Waals surface area contributed by atoms with Gasteiger partial charge in [0, 0.05) is 50.8 Å². The lowest BCUT2D eigenvalue weighted by atomic mass is 9.94. The zero-order chi connectivity index (χ0) is 22.0. The maximum atomic E-state index is 12.7. The number of anilines is 1. The maximum absolute atomic E-state index is 12.7. The highest BCUT2D eigenvalue weighted by Gasteiger charge is 2.24. The van der Waals surface area contributed by atoms with Crippen LogP contribution in [0.2, 0.25) is 0 Å². The van der Waals surface area contributed by atoms with Gasteiger partial charge in [0.05, 0.1) is 23.0 Å². The van der Waals surface area contributed by atoms with Gasteiger partial charge in [-0.15, -0.1) is 0 Å². The molecular weight excluding hydrogens is 392 g/mol. The first-order chi connectivity index (χ1) is 14.9. The number of aromatic nitrogens is 3. The Morgan fingerprint density at radius 3 is 2.65 bits per heavy atom. The largest absolute Gasteiger partial charge is 0.378 e. The van der Waals surface area contributed by atoms with Crippen molar-refractivity contribution in [3.8, 4) is 11.1 Å². The van der Waals surface area contributed by atoms with Crippen molar-refractivity contribution in [2.75, 3.05) is 25.5 Å². The predicted molar refractivity (Wildman–Crippen MR) is 119 cm³/mol. The Hall–Kier alpha value is -3.68. The number of benzene rings is 1. The molecule has 0 unspecified atom stereocenters. The normalized spacial score (nSPS) is 15.2. The lowest BCUT2D eigenvalue weighted by Crippen LogP contribution is -2.34. The summed E-state index contributed by atoms with van der Waals surface area (Å²) in [5, 5.41) is 7.24. The highest BCUT2D eigenvalue weighted by Crippen LogP contribution is 2.24. The first-order valence-electron chi connectivity index (χ1n) is 10.3. The molecular formula is C23H26N6O2. The fourth-order valence-electron chi connectivity index (χ4n) is 3.89. The van der Waals surface area contributed by atoms with E-state index in [0.717, 1.165) is 28.9 Å². The number of amides is 2. The van der Waals surface area contributed by atoms with Crippen LogP contribution in [-0.4, -0.2) is 47.2 Å². The van der Waals surface area contributed by atoms with Crippen LogP contribution in [0.1, 0.15) is 32.8 Å². The van der Waals surface area contributed by atoms with E-state index in [1.807, 2.05) is 54.0 Å². The lowest BCUT2D eigenvalue weighted by molar-refractivity contribution is 0.0941. The molecule has 0 radical (unpaired) electrons. The van der Waals surface area contributed by atoms with Crippen LogP contribution in [0.3, 0.4) is 0 Å². The fourth-order valence-corrected chi connectivity index (χ4v) is 3.89. The molecule has 3 aromatic rings. The molecule has 3 heterocycles. The minimum Gasteiger partial charge on any atom is -0.378 e. The van der Waals surface area contributed by atoms with Crippen molar-refractivity contribution in [1.82, 2.24) is 20.1 Å². The molecule has 0 aliphatic carbocycles. The zero-order valence-electron chi connectivity index (χ0n) is 17.7. The van der Waals surface area contributed by atoms with E-state index in [-0.39, 0.29) is 11.8 Å². The molecule has 8 nitrogen and oxygen atoms in total. The Morgan fingerprint density at radius 1 is 1.16 bits per heavy atom. The van der Waals surface area contributed by atoms with Gasteiger partial charge in [-0.1, -0.05) is 12.1 Å². The van der Waals surface area contributed by atoms with Crippen molar-refractivity contribution in [3.05, 3.63) is 65.7 Å². The summed E-state index contributed by atoms with van der Waals surface area (Å²) >= 11 is 0. The highest BCUT2D eigenvalue weighted by atomic mass is 16.2. The summed E-state index contributed by atoms with van der Waals surface area (Å²) < 4.78 is 1.83. The van der Waals surface area contributed by atoms with Crippen LogP contribution in [0.25, 0.3) is 11.1 Å². The molecule has 0 saturated carbocycles. The number of pyridine rings is 1. The number of nitrogens with zero attached hydrogens (tertiary/aromatic N) is 4. The molecule has 0 saturated heterocycles. The predicted octanol–water partition coefficient (Wildman–Crippen LogP) is 2.10. The lowest BCUT2D eigenvalue weighted by Gasteiger charge is -2.24. The van der Waals surface area contributed by atoms with Crippen molar-refractivity contribution < 1.29 is 9.59 Å². The van der Waals surface area contributed by atoms with E-state index in [2.05, 4.69) is 15.4 Å². The van der Waals surface area contributed by atoms with Gasteiger partial charge in [0.1, 0.15) is 0 Å². The quantitative estimate of drug-likeness (QED) is 0.638.